The van der Waals surface area contributed by atoms with Crippen LogP contribution in [0.5, 0.6) is 5.75 Å². The number of aromatic nitrogens is 2. The van der Waals surface area contributed by atoms with Gasteiger partial charge in [0.1, 0.15) is 21.8 Å². The molecule has 112 valence electrons. The van der Waals surface area contributed by atoms with Gasteiger partial charge in [-0.25, -0.2) is 9.78 Å². The first kappa shape index (κ1) is 13.7. The van der Waals surface area contributed by atoms with Crippen LogP contribution in [0.4, 0.5) is 0 Å². The Balaban J connectivity index is 1.64. The number of fused-ring (bicyclic) bond motifs is 1. The van der Waals surface area contributed by atoms with E-state index in [0.29, 0.717) is 33.3 Å². The molecule has 0 aliphatic carbocycles. The second-order valence-electron chi connectivity index (χ2n) is 4.73. The molecule has 0 saturated heterocycles. The summed E-state index contributed by atoms with van der Waals surface area (Å²) in [6.45, 7) is 0. The molecule has 3 aromatic heterocycles. The third-order valence-electron chi connectivity index (χ3n) is 3.18. The van der Waals surface area contributed by atoms with Crippen molar-refractivity contribution in [3.05, 3.63) is 65.0 Å². The standard InChI is InChI=1S/C17H10N2O3S/c20-17(15-5-3-9-23-15)21-11-6-7-12-14(10-11)22-16(19-12)13-4-1-2-8-18-13/h1-10H. The molecule has 3 heterocycles. The Bertz CT molecular complexity index is 962. The molecule has 0 bridgehead atoms. The van der Waals surface area contributed by atoms with Crippen LogP contribution in [0.2, 0.25) is 0 Å². The van der Waals surface area contributed by atoms with Gasteiger partial charge < -0.3 is 9.15 Å². The van der Waals surface area contributed by atoms with Crippen LogP contribution in [-0.4, -0.2) is 15.9 Å². The van der Waals surface area contributed by atoms with E-state index < -0.39 is 0 Å². The van der Waals surface area contributed by atoms with Crippen LogP contribution in [0.25, 0.3) is 22.7 Å². The number of thiophene rings is 1. The van der Waals surface area contributed by atoms with Gasteiger partial charge in [0, 0.05) is 12.3 Å². The summed E-state index contributed by atoms with van der Waals surface area (Å²) in [5, 5.41) is 1.83. The van der Waals surface area contributed by atoms with Crippen molar-refractivity contribution in [2.24, 2.45) is 0 Å². The Morgan fingerprint density at radius 1 is 1.13 bits per heavy atom. The van der Waals surface area contributed by atoms with Crippen molar-refractivity contribution in [2.45, 2.75) is 0 Å². The van der Waals surface area contributed by atoms with Gasteiger partial charge in [-0.15, -0.1) is 11.3 Å². The number of hydrogen-bond donors (Lipinski definition) is 0. The van der Waals surface area contributed by atoms with E-state index in [1.54, 1.807) is 36.5 Å². The van der Waals surface area contributed by atoms with Crippen molar-refractivity contribution in [2.75, 3.05) is 0 Å². The fraction of sp³-hybridized carbons (Fsp3) is 0. The van der Waals surface area contributed by atoms with Crippen molar-refractivity contribution in [3.63, 3.8) is 0 Å². The molecule has 23 heavy (non-hydrogen) atoms. The minimum absolute atomic E-state index is 0.385. The Labute approximate surface area is 135 Å². The van der Waals surface area contributed by atoms with Crippen molar-refractivity contribution < 1.29 is 13.9 Å². The molecule has 0 amide bonds. The first-order valence-corrected chi connectivity index (χ1v) is 7.75. The van der Waals surface area contributed by atoms with Gasteiger partial charge in [0.05, 0.1) is 0 Å². The maximum absolute atomic E-state index is 12.0. The number of benzene rings is 1. The summed E-state index contributed by atoms with van der Waals surface area (Å²) in [5.74, 6) is 0.464. The minimum atomic E-state index is -0.385. The number of nitrogens with zero attached hydrogens (tertiary/aromatic N) is 2. The molecule has 0 atom stereocenters. The number of rotatable bonds is 3. The van der Waals surface area contributed by atoms with E-state index in [2.05, 4.69) is 9.97 Å². The lowest BCUT2D eigenvalue weighted by atomic mass is 10.3. The molecule has 5 nitrogen and oxygen atoms in total. The molecule has 0 spiro atoms. The smallest absolute Gasteiger partial charge is 0.353 e. The molecule has 4 rings (SSSR count). The average molecular weight is 322 g/mol. The number of esters is 1. The van der Waals surface area contributed by atoms with Crippen LogP contribution in [0.3, 0.4) is 0 Å². The zero-order valence-electron chi connectivity index (χ0n) is 11.8. The molecule has 1 aromatic carbocycles. The third kappa shape index (κ3) is 2.72. The first-order chi connectivity index (χ1) is 11.3. The summed E-state index contributed by atoms with van der Waals surface area (Å²) in [6.07, 6.45) is 1.68. The predicted molar refractivity (Wildman–Crippen MR) is 86.5 cm³/mol. The van der Waals surface area contributed by atoms with Crippen LogP contribution in [0.1, 0.15) is 9.67 Å². The summed E-state index contributed by atoms with van der Waals surface area (Å²) in [6, 6.07) is 14.1. The highest BCUT2D eigenvalue weighted by molar-refractivity contribution is 7.12. The lowest BCUT2D eigenvalue weighted by Gasteiger charge is -2.01. The summed E-state index contributed by atoms with van der Waals surface area (Å²) < 4.78 is 11.1. The largest absolute Gasteiger partial charge is 0.435 e. The molecular weight excluding hydrogens is 312 g/mol. The molecule has 0 unspecified atom stereocenters. The maximum atomic E-state index is 12.0. The molecule has 0 saturated carbocycles. The van der Waals surface area contributed by atoms with Gasteiger partial charge in [0.2, 0.25) is 5.89 Å². The van der Waals surface area contributed by atoms with Gasteiger partial charge in [0.25, 0.3) is 0 Å². The van der Waals surface area contributed by atoms with Gasteiger partial charge >= 0.3 is 5.97 Å². The summed E-state index contributed by atoms with van der Waals surface area (Å²) in [7, 11) is 0. The van der Waals surface area contributed by atoms with E-state index in [0.717, 1.165) is 0 Å². The lowest BCUT2D eigenvalue weighted by molar-refractivity contribution is 0.0740. The van der Waals surface area contributed by atoms with E-state index in [4.69, 9.17) is 9.15 Å². The van der Waals surface area contributed by atoms with Crippen LogP contribution in [-0.2, 0) is 0 Å². The van der Waals surface area contributed by atoms with Crippen LogP contribution >= 0.6 is 11.3 Å². The Hall–Kier alpha value is -2.99. The highest BCUT2D eigenvalue weighted by Gasteiger charge is 2.13. The fourth-order valence-corrected chi connectivity index (χ4v) is 2.72. The summed E-state index contributed by atoms with van der Waals surface area (Å²) in [5.41, 5.74) is 1.88. The van der Waals surface area contributed by atoms with Crippen molar-refractivity contribution >= 4 is 28.4 Å². The average Bonchev–Trinajstić information content (AvgIpc) is 3.25. The van der Waals surface area contributed by atoms with Gasteiger partial charge in [-0.3, -0.25) is 4.98 Å². The van der Waals surface area contributed by atoms with Gasteiger partial charge in [-0.05, 0) is 35.7 Å². The molecule has 0 N–H and O–H groups in total. The Morgan fingerprint density at radius 2 is 2.09 bits per heavy atom. The molecule has 0 radical (unpaired) electrons. The second-order valence-corrected chi connectivity index (χ2v) is 5.68. The zero-order chi connectivity index (χ0) is 15.6. The second kappa shape index (κ2) is 5.66. The Kier molecular flexibility index (Phi) is 3.36. The van der Waals surface area contributed by atoms with Gasteiger partial charge in [-0.1, -0.05) is 12.1 Å². The fourth-order valence-electron chi connectivity index (χ4n) is 2.12. The molecule has 4 aromatic rings. The van der Waals surface area contributed by atoms with E-state index in [1.165, 1.54) is 11.3 Å². The first-order valence-electron chi connectivity index (χ1n) is 6.87. The number of ether oxygens (including phenoxy) is 1. The predicted octanol–water partition coefficient (Wildman–Crippen LogP) is 4.17. The molecule has 0 aliphatic rings. The van der Waals surface area contributed by atoms with E-state index in [9.17, 15) is 4.79 Å². The van der Waals surface area contributed by atoms with E-state index in [-0.39, 0.29) is 5.97 Å². The highest BCUT2D eigenvalue weighted by Crippen LogP contribution is 2.26. The van der Waals surface area contributed by atoms with Crippen LogP contribution in [0, 0.1) is 0 Å². The van der Waals surface area contributed by atoms with E-state index >= 15 is 0 Å². The number of oxazole rings is 1. The van der Waals surface area contributed by atoms with Crippen LogP contribution < -0.4 is 4.74 Å². The monoisotopic (exact) mass is 322 g/mol. The van der Waals surface area contributed by atoms with Crippen LogP contribution in [0.15, 0.2) is 64.5 Å². The number of pyridine rings is 1. The van der Waals surface area contributed by atoms with Gasteiger partial charge in [0.15, 0.2) is 5.58 Å². The summed E-state index contributed by atoms with van der Waals surface area (Å²) in [4.78, 5) is 21.1. The molecule has 0 aliphatic heterocycles. The summed E-state index contributed by atoms with van der Waals surface area (Å²) >= 11 is 1.34. The van der Waals surface area contributed by atoms with Crippen molar-refractivity contribution in [1.82, 2.24) is 9.97 Å². The Morgan fingerprint density at radius 3 is 2.87 bits per heavy atom. The zero-order valence-corrected chi connectivity index (χ0v) is 12.6. The highest BCUT2D eigenvalue weighted by atomic mass is 32.1. The number of carbonyl (C=O) groups is 1. The van der Waals surface area contributed by atoms with Gasteiger partial charge in [-0.2, -0.15) is 0 Å². The van der Waals surface area contributed by atoms with Crippen molar-refractivity contribution in [1.29, 1.82) is 0 Å². The van der Waals surface area contributed by atoms with Crippen molar-refractivity contribution in [3.8, 4) is 17.3 Å². The normalized spacial score (nSPS) is 10.8. The molecule has 0 fully saturated rings. The third-order valence-corrected chi connectivity index (χ3v) is 4.03. The SMILES string of the molecule is O=C(Oc1ccc2nc(-c3ccccn3)oc2c1)c1cccs1. The lowest BCUT2D eigenvalue weighted by Crippen LogP contribution is -2.05. The quantitative estimate of drug-likeness (QED) is 0.418. The maximum Gasteiger partial charge on any atom is 0.353 e. The minimum Gasteiger partial charge on any atom is -0.435 e. The molecular formula is C17H10N2O3S. The number of carbonyl (C=O) groups excluding carboxylic acids is 1. The number of hydrogen-bond acceptors (Lipinski definition) is 6. The molecule has 6 heteroatoms. The van der Waals surface area contributed by atoms with E-state index in [1.807, 2.05) is 23.6 Å². The topological polar surface area (TPSA) is 65.2 Å².